The Bertz CT molecular complexity index is 585. The van der Waals surface area contributed by atoms with Crippen LogP contribution in [-0.2, 0) is 11.8 Å². The van der Waals surface area contributed by atoms with E-state index < -0.39 is 17.3 Å². The van der Waals surface area contributed by atoms with Crippen molar-refractivity contribution in [2.24, 2.45) is 0 Å². The van der Waals surface area contributed by atoms with Gasteiger partial charge in [-0.05, 0) is 24.6 Å². The summed E-state index contributed by atoms with van der Waals surface area (Å²) >= 11 is 0. The normalized spacial score (nSPS) is 19.7. The monoisotopic (exact) mass is 340 g/mol. The first kappa shape index (κ1) is 18.8. The van der Waals surface area contributed by atoms with Crippen LogP contribution in [0.5, 0.6) is 0 Å². The van der Waals surface area contributed by atoms with Crippen LogP contribution >= 0.6 is 0 Å². The molecule has 24 heavy (non-hydrogen) atoms. The number of hydrogen-bond acceptors (Lipinski definition) is 3. The largest absolute Gasteiger partial charge is 0.416 e. The molecule has 0 bridgehead atoms. The van der Waals surface area contributed by atoms with Crippen LogP contribution in [0.25, 0.3) is 0 Å². The van der Waals surface area contributed by atoms with Gasteiger partial charge in [-0.25, -0.2) is 0 Å². The summed E-state index contributed by atoms with van der Waals surface area (Å²) in [5, 5.41) is 10.7. The number of benzene rings is 1. The van der Waals surface area contributed by atoms with Crippen molar-refractivity contribution < 1.29 is 18.3 Å². The number of alkyl halides is 3. The third-order valence-corrected chi connectivity index (χ3v) is 4.38. The summed E-state index contributed by atoms with van der Waals surface area (Å²) in [4.78, 5) is 4.34. The van der Waals surface area contributed by atoms with Crippen molar-refractivity contribution in [1.29, 1.82) is 0 Å². The summed E-state index contributed by atoms with van der Waals surface area (Å²) in [7, 11) is 0. The highest BCUT2D eigenvalue weighted by atomic mass is 19.4. The van der Waals surface area contributed by atoms with E-state index in [1.807, 2.05) is 0 Å². The van der Waals surface area contributed by atoms with E-state index in [0.717, 1.165) is 44.9 Å². The number of piperazine rings is 1. The van der Waals surface area contributed by atoms with Crippen molar-refractivity contribution in [2.45, 2.75) is 25.1 Å². The van der Waals surface area contributed by atoms with Gasteiger partial charge in [0.25, 0.3) is 0 Å². The van der Waals surface area contributed by atoms with E-state index in [0.29, 0.717) is 13.0 Å². The molecule has 6 heteroatoms. The van der Waals surface area contributed by atoms with Crippen molar-refractivity contribution in [2.75, 3.05) is 39.3 Å². The highest BCUT2D eigenvalue weighted by Gasteiger charge is 2.33. The highest BCUT2D eigenvalue weighted by Crippen LogP contribution is 2.32. The first-order valence-corrected chi connectivity index (χ1v) is 8.01. The molecule has 2 rings (SSSR count). The van der Waals surface area contributed by atoms with Gasteiger partial charge in [0.15, 0.2) is 0 Å². The predicted molar refractivity (Wildman–Crippen MR) is 87.3 cm³/mol. The minimum Gasteiger partial charge on any atom is -0.384 e. The molecule has 0 amide bonds. The van der Waals surface area contributed by atoms with Crippen LogP contribution < -0.4 is 0 Å². The van der Waals surface area contributed by atoms with Crippen molar-refractivity contribution in [3.8, 4) is 12.3 Å². The van der Waals surface area contributed by atoms with Crippen LogP contribution in [0.3, 0.4) is 0 Å². The molecule has 1 aliphatic heterocycles. The van der Waals surface area contributed by atoms with E-state index in [4.69, 9.17) is 6.42 Å². The fourth-order valence-electron chi connectivity index (χ4n) is 2.95. The number of hydrogen-bond donors (Lipinski definition) is 1. The van der Waals surface area contributed by atoms with Gasteiger partial charge in [0, 0.05) is 45.7 Å². The number of terminal acetylenes is 1. The molecule has 1 saturated heterocycles. The second kappa shape index (κ2) is 7.56. The van der Waals surface area contributed by atoms with Crippen LogP contribution in [0, 0.1) is 12.3 Å². The van der Waals surface area contributed by atoms with Crippen molar-refractivity contribution in [3.05, 3.63) is 35.4 Å². The second-order valence-electron chi connectivity index (χ2n) is 6.42. The molecular weight excluding hydrogens is 317 g/mol. The van der Waals surface area contributed by atoms with Crippen LogP contribution in [0.4, 0.5) is 13.2 Å². The van der Waals surface area contributed by atoms with Gasteiger partial charge in [-0.15, -0.1) is 12.3 Å². The Hall–Kier alpha value is -1.55. The van der Waals surface area contributed by atoms with Crippen molar-refractivity contribution >= 4 is 0 Å². The number of nitrogens with zero attached hydrogens (tertiary/aromatic N) is 2. The number of halogens is 3. The molecule has 1 N–H and O–H groups in total. The number of rotatable bonds is 5. The quantitative estimate of drug-likeness (QED) is 0.835. The van der Waals surface area contributed by atoms with Gasteiger partial charge in [0.1, 0.15) is 0 Å². The highest BCUT2D eigenvalue weighted by molar-refractivity contribution is 5.29. The summed E-state index contributed by atoms with van der Waals surface area (Å²) in [5.74, 6) is 2.62. The summed E-state index contributed by atoms with van der Waals surface area (Å²) < 4.78 is 38.5. The van der Waals surface area contributed by atoms with Gasteiger partial charge in [-0.1, -0.05) is 12.1 Å². The zero-order chi connectivity index (χ0) is 17.8. The van der Waals surface area contributed by atoms with Crippen LogP contribution in [0.15, 0.2) is 24.3 Å². The average Bonchev–Trinajstić information content (AvgIpc) is 2.53. The maximum absolute atomic E-state index is 12.8. The Morgan fingerprint density at radius 3 is 2.29 bits per heavy atom. The summed E-state index contributed by atoms with van der Waals surface area (Å²) in [6.45, 7) is 5.94. The Morgan fingerprint density at radius 1 is 1.12 bits per heavy atom. The Morgan fingerprint density at radius 2 is 1.71 bits per heavy atom. The maximum atomic E-state index is 12.8. The van der Waals surface area contributed by atoms with E-state index in [9.17, 15) is 18.3 Å². The lowest BCUT2D eigenvalue weighted by Crippen LogP contribution is -2.50. The van der Waals surface area contributed by atoms with E-state index in [2.05, 4.69) is 15.7 Å². The number of β-amino-alcohol motifs (C(OH)–C–C–N with tert-alkyl or cyclic N) is 1. The summed E-state index contributed by atoms with van der Waals surface area (Å²) in [6.07, 6.45) is 1.57. The first-order chi connectivity index (χ1) is 11.2. The SMILES string of the molecule is C#CCCN1CCN(CC(C)(O)c2cccc(C(F)(F)F)c2)CC1. The lowest BCUT2D eigenvalue weighted by molar-refractivity contribution is -0.137. The van der Waals surface area contributed by atoms with E-state index in [1.165, 1.54) is 6.07 Å². The molecule has 0 aliphatic carbocycles. The Kier molecular flexibility index (Phi) is 5.92. The standard InChI is InChI=1S/C18H23F3N2O/c1-3-4-8-22-9-11-23(12-10-22)14-17(2,24)15-6-5-7-16(13-15)18(19,20)21/h1,5-7,13,24H,4,8-12,14H2,2H3. The zero-order valence-corrected chi connectivity index (χ0v) is 13.8. The third kappa shape index (κ3) is 4.97. The Balaban J connectivity index is 1.98. The van der Waals surface area contributed by atoms with Crippen LogP contribution in [0.2, 0.25) is 0 Å². The minimum atomic E-state index is -4.41. The molecule has 0 radical (unpaired) electrons. The summed E-state index contributed by atoms with van der Waals surface area (Å²) in [6, 6.07) is 4.93. The fraction of sp³-hybridized carbons (Fsp3) is 0.556. The molecule has 1 aromatic carbocycles. The van der Waals surface area contributed by atoms with E-state index in [1.54, 1.807) is 13.0 Å². The van der Waals surface area contributed by atoms with E-state index >= 15 is 0 Å². The van der Waals surface area contributed by atoms with Gasteiger partial charge in [0.2, 0.25) is 0 Å². The predicted octanol–water partition coefficient (Wildman–Crippen LogP) is 2.55. The third-order valence-electron chi connectivity index (χ3n) is 4.38. The topological polar surface area (TPSA) is 26.7 Å². The molecule has 0 saturated carbocycles. The maximum Gasteiger partial charge on any atom is 0.416 e. The van der Waals surface area contributed by atoms with Gasteiger partial charge < -0.3 is 5.11 Å². The first-order valence-electron chi connectivity index (χ1n) is 8.01. The fourth-order valence-corrected chi connectivity index (χ4v) is 2.95. The minimum absolute atomic E-state index is 0.284. The molecule has 1 aliphatic rings. The lowest BCUT2D eigenvalue weighted by atomic mass is 9.93. The summed E-state index contributed by atoms with van der Waals surface area (Å²) in [5.41, 5.74) is -1.78. The van der Waals surface area contributed by atoms with Crippen molar-refractivity contribution in [3.63, 3.8) is 0 Å². The number of aliphatic hydroxyl groups is 1. The molecule has 1 atom stereocenters. The van der Waals surface area contributed by atoms with Crippen molar-refractivity contribution in [1.82, 2.24) is 9.80 Å². The van der Waals surface area contributed by atoms with Gasteiger partial charge in [-0.3, -0.25) is 9.80 Å². The van der Waals surface area contributed by atoms with Crippen LogP contribution in [-0.4, -0.2) is 54.2 Å². The van der Waals surface area contributed by atoms with Gasteiger partial charge >= 0.3 is 6.18 Å². The smallest absolute Gasteiger partial charge is 0.384 e. The molecule has 1 aromatic rings. The molecule has 132 valence electrons. The molecular formula is C18H23F3N2O. The average molecular weight is 340 g/mol. The van der Waals surface area contributed by atoms with Gasteiger partial charge in [0.05, 0.1) is 11.2 Å². The van der Waals surface area contributed by atoms with E-state index in [-0.39, 0.29) is 5.56 Å². The molecule has 1 fully saturated rings. The molecule has 3 nitrogen and oxygen atoms in total. The van der Waals surface area contributed by atoms with Gasteiger partial charge in [-0.2, -0.15) is 13.2 Å². The molecule has 0 spiro atoms. The molecule has 1 heterocycles. The lowest BCUT2D eigenvalue weighted by Gasteiger charge is -2.38. The molecule has 1 unspecified atom stereocenters. The molecule has 0 aromatic heterocycles. The van der Waals surface area contributed by atoms with Crippen LogP contribution in [0.1, 0.15) is 24.5 Å². The second-order valence-corrected chi connectivity index (χ2v) is 6.42. The Labute approximate surface area is 141 Å². The zero-order valence-electron chi connectivity index (χ0n) is 13.8.